The Labute approximate surface area is 183 Å². The van der Waals surface area contributed by atoms with Gasteiger partial charge in [0.05, 0.1) is 16.1 Å². The minimum absolute atomic E-state index is 0.211. The zero-order valence-corrected chi connectivity index (χ0v) is 20.2. The van der Waals surface area contributed by atoms with E-state index in [1.807, 2.05) is 39.3 Å². The fraction of sp³-hybridized carbons (Fsp3) is 0.300. The quantitative estimate of drug-likeness (QED) is 0.461. The van der Waals surface area contributed by atoms with Gasteiger partial charge in [-0.25, -0.2) is 12.4 Å². The predicted octanol–water partition coefficient (Wildman–Crippen LogP) is 4.79. The summed E-state index contributed by atoms with van der Waals surface area (Å²) >= 11 is 6.87. The van der Waals surface area contributed by atoms with E-state index in [0.717, 1.165) is 26.6 Å². The van der Waals surface area contributed by atoms with E-state index in [1.54, 1.807) is 30.5 Å². The lowest BCUT2D eigenvalue weighted by Gasteiger charge is -2.28. The van der Waals surface area contributed by atoms with Gasteiger partial charge in [-0.1, -0.05) is 31.9 Å². The van der Waals surface area contributed by atoms with Crippen molar-refractivity contribution in [2.75, 3.05) is 32.6 Å². The maximum Gasteiger partial charge on any atom is 0.268 e. The summed E-state index contributed by atoms with van der Waals surface area (Å²) in [7, 11) is 2.35. The molecule has 0 saturated carbocycles. The van der Waals surface area contributed by atoms with Gasteiger partial charge in [0.1, 0.15) is 0 Å². The molecule has 8 heteroatoms. The summed E-state index contributed by atoms with van der Waals surface area (Å²) in [5.41, 5.74) is 1.54. The van der Waals surface area contributed by atoms with Gasteiger partial charge in [0.15, 0.2) is 0 Å². The van der Waals surface area contributed by atoms with E-state index in [-0.39, 0.29) is 10.9 Å². The fourth-order valence-corrected chi connectivity index (χ4v) is 5.23. The molecule has 0 fully saturated rings. The van der Waals surface area contributed by atoms with Crippen LogP contribution in [-0.2, 0) is 10.0 Å². The summed E-state index contributed by atoms with van der Waals surface area (Å²) in [6.07, 6.45) is 1.72. The van der Waals surface area contributed by atoms with Crippen molar-refractivity contribution in [3.05, 3.63) is 57.6 Å². The molecule has 0 radical (unpaired) electrons. The topological polar surface area (TPSA) is 45.5 Å². The molecule has 2 aromatic carbocycles. The van der Waals surface area contributed by atoms with E-state index in [9.17, 15) is 8.42 Å². The molecule has 5 nitrogen and oxygen atoms in total. The molecular formula is C20H23Br2N3O2S. The second-order valence-corrected chi connectivity index (χ2v) is 10.8. The van der Waals surface area contributed by atoms with Crippen LogP contribution in [0.2, 0.25) is 0 Å². The van der Waals surface area contributed by atoms with Crippen LogP contribution in [-0.4, -0.2) is 51.0 Å². The molecule has 0 spiro atoms. The first-order chi connectivity index (χ1) is 13.1. The highest BCUT2D eigenvalue weighted by Crippen LogP contribution is 2.34. The van der Waals surface area contributed by atoms with Gasteiger partial charge < -0.3 is 9.80 Å². The van der Waals surface area contributed by atoms with Crippen LogP contribution < -0.4 is 4.90 Å². The maximum atomic E-state index is 13.3. The molecule has 1 atom stereocenters. The molecule has 0 aliphatic carbocycles. The number of halogens is 2. The van der Waals surface area contributed by atoms with Crippen molar-refractivity contribution in [3.8, 4) is 0 Å². The van der Waals surface area contributed by atoms with E-state index < -0.39 is 10.0 Å². The average molecular weight is 529 g/mol. The normalized spacial score (nSPS) is 13.2. The summed E-state index contributed by atoms with van der Waals surface area (Å²) in [4.78, 5) is 4.50. The SMILES string of the molecule is CC(CN(C)C)N(C)c1cn(S(=O)(=O)c2ccc(Br)cc2)c2ccc(Br)cc12. The van der Waals surface area contributed by atoms with E-state index in [1.165, 1.54) is 3.97 Å². The zero-order valence-electron chi connectivity index (χ0n) is 16.2. The standard InChI is InChI=1S/C20H23Br2N3O2S/c1-14(12-23(2)3)24(4)20-13-25(19-10-7-16(22)11-18(19)20)28(26,27)17-8-5-15(21)6-9-17/h5-11,13-14H,12H2,1-4H3. The van der Waals surface area contributed by atoms with Gasteiger partial charge in [0.2, 0.25) is 0 Å². The van der Waals surface area contributed by atoms with Gasteiger partial charge >= 0.3 is 0 Å². The van der Waals surface area contributed by atoms with E-state index >= 15 is 0 Å². The molecule has 0 N–H and O–H groups in total. The molecule has 1 unspecified atom stereocenters. The van der Waals surface area contributed by atoms with Crippen molar-refractivity contribution in [3.63, 3.8) is 0 Å². The number of hydrogen-bond donors (Lipinski definition) is 0. The molecule has 0 aliphatic rings. The summed E-state index contributed by atoms with van der Waals surface area (Å²) in [5.74, 6) is 0. The highest BCUT2D eigenvalue weighted by Gasteiger charge is 2.24. The Hall–Kier alpha value is -1.35. The lowest BCUT2D eigenvalue weighted by molar-refractivity contribution is 0.377. The summed E-state index contributed by atoms with van der Waals surface area (Å²) < 4.78 is 29.8. The highest BCUT2D eigenvalue weighted by atomic mass is 79.9. The molecule has 3 aromatic rings. The largest absolute Gasteiger partial charge is 0.369 e. The van der Waals surface area contributed by atoms with Crippen molar-refractivity contribution in [1.29, 1.82) is 0 Å². The first-order valence-corrected chi connectivity index (χ1v) is 11.8. The highest BCUT2D eigenvalue weighted by molar-refractivity contribution is 9.10. The lowest BCUT2D eigenvalue weighted by atomic mass is 10.2. The molecule has 0 saturated heterocycles. The van der Waals surface area contributed by atoms with Gasteiger partial charge in [-0.2, -0.15) is 0 Å². The van der Waals surface area contributed by atoms with E-state index in [0.29, 0.717) is 5.52 Å². The molecule has 0 bridgehead atoms. The molecule has 3 rings (SSSR count). The van der Waals surface area contributed by atoms with Crippen LogP contribution >= 0.6 is 31.9 Å². The lowest BCUT2D eigenvalue weighted by Crippen LogP contribution is -2.37. The third kappa shape index (κ3) is 4.15. The van der Waals surface area contributed by atoms with E-state index in [4.69, 9.17) is 0 Å². The number of nitrogens with zero attached hydrogens (tertiary/aromatic N) is 3. The molecule has 1 heterocycles. The Bertz CT molecular complexity index is 1090. The summed E-state index contributed by atoms with van der Waals surface area (Å²) in [6, 6.07) is 12.6. The van der Waals surface area contributed by atoms with Gasteiger partial charge in [-0.3, -0.25) is 0 Å². The number of rotatable bonds is 6. The van der Waals surface area contributed by atoms with E-state index in [2.05, 4.69) is 48.6 Å². The molecule has 28 heavy (non-hydrogen) atoms. The number of anilines is 1. The third-order valence-corrected chi connectivity index (χ3v) is 7.46. The van der Waals surface area contributed by atoms with Crippen molar-refractivity contribution >= 4 is 58.5 Å². The predicted molar refractivity (Wildman–Crippen MR) is 123 cm³/mol. The maximum absolute atomic E-state index is 13.3. The molecule has 1 aromatic heterocycles. The van der Waals surface area contributed by atoms with Crippen LogP contribution in [0.5, 0.6) is 0 Å². The van der Waals surface area contributed by atoms with Gasteiger partial charge in [0.25, 0.3) is 10.0 Å². The van der Waals surface area contributed by atoms with Crippen LogP contribution in [0.25, 0.3) is 10.9 Å². The number of benzene rings is 2. The molecule has 150 valence electrons. The first kappa shape index (κ1) is 21.4. The monoisotopic (exact) mass is 527 g/mol. The second-order valence-electron chi connectivity index (χ2n) is 7.15. The van der Waals surface area contributed by atoms with Gasteiger partial charge in [0, 0.05) is 40.2 Å². The van der Waals surface area contributed by atoms with Gasteiger partial charge in [-0.05, 0) is 63.5 Å². The molecular weight excluding hydrogens is 506 g/mol. The smallest absolute Gasteiger partial charge is 0.268 e. The Morgan fingerprint density at radius 1 is 1.00 bits per heavy atom. The van der Waals surface area contributed by atoms with Crippen molar-refractivity contribution in [2.24, 2.45) is 0 Å². The fourth-order valence-electron chi connectivity index (χ4n) is 3.24. The molecule has 0 amide bonds. The minimum atomic E-state index is -3.71. The minimum Gasteiger partial charge on any atom is -0.369 e. The van der Waals surface area contributed by atoms with Crippen molar-refractivity contribution in [1.82, 2.24) is 8.87 Å². The van der Waals surface area contributed by atoms with Crippen LogP contribution in [0.15, 0.2) is 62.5 Å². The Kier molecular flexibility index (Phi) is 6.24. The summed E-state index contributed by atoms with van der Waals surface area (Å²) in [5, 5.41) is 0.892. The van der Waals surface area contributed by atoms with Crippen LogP contribution in [0.1, 0.15) is 6.92 Å². The first-order valence-electron chi connectivity index (χ1n) is 8.80. The van der Waals surface area contributed by atoms with Gasteiger partial charge in [-0.15, -0.1) is 0 Å². The number of hydrogen-bond acceptors (Lipinski definition) is 4. The van der Waals surface area contributed by atoms with Crippen LogP contribution in [0.4, 0.5) is 5.69 Å². The Morgan fingerprint density at radius 2 is 1.61 bits per heavy atom. The molecule has 0 aliphatic heterocycles. The van der Waals surface area contributed by atoms with Crippen LogP contribution in [0, 0.1) is 0 Å². The van der Waals surface area contributed by atoms with Crippen molar-refractivity contribution < 1.29 is 8.42 Å². The number of fused-ring (bicyclic) bond motifs is 1. The van der Waals surface area contributed by atoms with Crippen LogP contribution in [0.3, 0.4) is 0 Å². The second kappa shape index (κ2) is 8.18. The Morgan fingerprint density at radius 3 is 2.21 bits per heavy atom. The number of aromatic nitrogens is 1. The number of likely N-dealkylation sites (N-methyl/N-ethyl adjacent to an activating group) is 2. The third-order valence-electron chi connectivity index (χ3n) is 4.75. The Balaban J connectivity index is 2.18. The zero-order chi connectivity index (χ0) is 20.6. The summed E-state index contributed by atoms with van der Waals surface area (Å²) in [6.45, 7) is 2.99. The van der Waals surface area contributed by atoms with Crippen molar-refractivity contribution in [2.45, 2.75) is 17.9 Å². The average Bonchev–Trinajstić information content (AvgIpc) is 3.00.